The Kier molecular flexibility index (Phi) is 5.76. The molecule has 0 radical (unpaired) electrons. The van der Waals surface area contributed by atoms with Crippen molar-refractivity contribution in [1.82, 2.24) is 15.3 Å². The second kappa shape index (κ2) is 8.22. The molecule has 0 saturated carbocycles. The summed E-state index contributed by atoms with van der Waals surface area (Å²) in [6.45, 7) is 4.62. The van der Waals surface area contributed by atoms with Gasteiger partial charge in [-0.05, 0) is 55.2 Å². The third-order valence-corrected chi connectivity index (χ3v) is 4.80. The zero-order valence-electron chi connectivity index (χ0n) is 15.9. The Morgan fingerprint density at radius 3 is 2.67 bits per heavy atom. The third-order valence-electron chi connectivity index (χ3n) is 4.80. The van der Waals surface area contributed by atoms with E-state index >= 15 is 0 Å². The molecule has 142 valence electrons. The highest BCUT2D eigenvalue weighted by atomic mass is 16.5. The van der Waals surface area contributed by atoms with Crippen LogP contribution < -0.4 is 10.1 Å². The first-order chi connectivity index (χ1) is 13.0. The molecular formula is C21H25N3O3. The van der Waals surface area contributed by atoms with Crippen LogP contribution in [-0.2, 0) is 11.2 Å². The van der Waals surface area contributed by atoms with Gasteiger partial charge in [-0.2, -0.15) is 0 Å². The fraction of sp³-hybridized carbons (Fsp3) is 0.333. The smallest absolute Gasteiger partial charge is 0.253 e. The summed E-state index contributed by atoms with van der Waals surface area (Å²) in [7, 11) is 1.57. The molecule has 6 heteroatoms. The van der Waals surface area contributed by atoms with Crippen molar-refractivity contribution in [2.24, 2.45) is 0 Å². The van der Waals surface area contributed by atoms with Crippen molar-refractivity contribution in [3.05, 3.63) is 58.9 Å². The number of hydrogen-bond donors (Lipinski definition) is 3. The molecule has 0 aliphatic heterocycles. The number of hydrogen-bond acceptors (Lipinski definition) is 4. The number of aliphatic hydroxyl groups is 1. The van der Waals surface area contributed by atoms with Gasteiger partial charge in [0.15, 0.2) is 6.10 Å². The summed E-state index contributed by atoms with van der Waals surface area (Å²) in [6.07, 6.45) is 0.276. The molecule has 0 saturated heterocycles. The molecule has 0 aliphatic rings. The number of imidazole rings is 1. The van der Waals surface area contributed by atoms with Crippen LogP contribution in [0.1, 0.15) is 35.0 Å². The highest BCUT2D eigenvalue weighted by Crippen LogP contribution is 2.20. The van der Waals surface area contributed by atoms with Gasteiger partial charge in [-0.1, -0.05) is 18.2 Å². The first-order valence-corrected chi connectivity index (χ1v) is 9.04. The Bertz CT molecular complexity index is 932. The SMILES string of the molecule is COc1ccc(C(O)C(=O)NCCCc2nc3c(C)c(C)ccc3[nH]2)cc1. The van der Waals surface area contributed by atoms with Crippen LogP contribution in [0.3, 0.4) is 0 Å². The zero-order valence-corrected chi connectivity index (χ0v) is 15.9. The second-order valence-electron chi connectivity index (χ2n) is 6.66. The van der Waals surface area contributed by atoms with Crippen molar-refractivity contribution in [1.29, 1.82) is 0 Å². The van der Waals surface area contributed by atoms with Gasteiger partial charge in [0, 0.05) is 13.0 Å². The van der Waals surface area contributed by atoms with Crippen molar-refractivity contribution < 1.29 is 14.6 Å². The number of aromatic amines is 1. The minimum absolute atomic E-state index is 0.406. The van der Waals surface area contributed by atoms with Gasteiger partial charge < -0.3 is 20.1 Å². The number of aliphatic hydroxyl groups excluding tert-OH is 1. The van der Waals surface area contributed by atoms with E-state index in [0.29, 0.717) is 17.9 Å². The van der Waals surface area contributed by atoms with Crippen LogP contribution in [0.4, 0.5) is 0 Å². The summed E-state index contributed by atoms with van der Waals surface area (Å²) in [5.74, 6) is 1.18. The number of rotatable bonds is 7. The van der Waals surface area contributed by atoms with Crippen molar-refractivity contribution in [3.63, 3.8) is 0 Å². The average Bonchev–Trinajstić information content (AvgIpc) is 3.11. The predicted octanol–water partition coefficient (Wildman–Crippen LogP) is 2.97. The van der Waals surface area contributed by atoms with Crippen molar-refractivity contribution in [2.45, 2.75) is 32.8 Å². The van der Waals surface area contributed by atoms with Crippen LogP contribution in [-0.4, -0.2) is 34.6 Å². The Labute approximate surface area is 158 Å². The van der Waals surface area contributed by atoms with Crippen LogP contribution in [0.15, 0.2) is 36.4 Å². The molecule has 1 amide bonds. The molecule has 0 bridgehead atoms. The standard InChI is InChI=1S/C21H25N3O3/c1-13-6-11-17-19(14(13)2)24-18(23-17)5-4-12-22-21(26)20(25)15-7-9-16(27-3)10-8-15/h6-11,20,25H,4-5,12H2,1-3H3,(H,22,26)(H,23,24). The molecule has 2 aromatic carbocycles. The van der Waals surface area contributed by atoms with Crippen LogP contribution in [0.25, 0.3) is 11.0 Å². The van der Waals surface area contributed by atoms with E-state index in [-0.39, 0.29) is 0 Å². The van der Waals surface area contributed by atoms with E-state index in [0.717, 1.165) is 29.7 Å². The number of nitrogens with one attached hydrogen (secondary N) is 2. The number of aromatic nitrogens is 2. The van der Waals surface area contributed by atoms with Gasteiger partial charge in [-0.3, -0.25) is 4.79 Å². The van der Waals surface area contributed by atoms with Gasteiger partial charge in [-0.25, -0.2) is 4.98 Å². The summed E-state index contributed by atoms with van der Waals surface area (Å²) >= 11 is 0. The van der Waals surface area contributed by atoms with E-state index in [4.69, 9.17) is 4.74 Å². The number of methoxy groups -OCH3 is 1. The predicted molar refractivity (Wildman–Crippen MR) is 105 cm³/mol. The van der Waals surface area contributed by atoms with Gasteiger partial charge in [-0.15, -0.1) is 0 Å². The number of H-pyrrole nitrogens is 1. The fourth-order valence-corrected chi connectivity index (χ4v) is 2.98. The summed E-state index contributed by atoms with van der Waals surface area (Å²) in [4.78, 5) is 20.1. The van der Waals surface area contributed by atoms with Crippen molar-refractivity contribution in [2.75, 3.05) is 13.7 Å². The van der Waals surface area contributed by atoms with Crippen LogP contribution in [0.5, 0.6) is 5.75 Å². The number of fused-ring (bicyclic) bond motifs is 1. The molecule has 1 atom stereocenters. The highest BCUT2D eigenvalue weighted by Gasteiger charge is 2.16. The van der Waals surface area contributed by atoms with Gasteiger partial charge in [0.25, 0.3) is 5.91 Å². The summed E-state index contributed by atoms with van der Waals surface area (Å²) in [5.41, 5.74) is 4.98. The number of benzene rings is 2. The van der Waals surface area contributed by atoms with Gasteiger partial charge in [0.05, 0.1) is 18.1 Å². The quantitative estimate of drug-likeness (QED) is 0.560. The molecule has 6 nitrogen and oxygen atoms in total. The second-order valence-corrected chi connectivity index (χ2v) is 6.66. The molecular weight excluding hydrogens is 342 g/mol. The van der Waals surface area contributed by atoms with E-state index in [1.54, 1.807) is 31.4 Å². The topological polar surface area (TPSA) is 87.2 Å². The van der Waals surface area contributed by atoms with Crippen LogP contribution >= 0.6 is 0 Å². The minimum Gasteiger partial charge on any atom is -0.497 e. The molecule has 1 aromatic heterocycles. The normalized spacial score (nSPS) is 12.1. The largest absolute Gasteiger partial charge is 0.497 e. The van der Waals surface area contributed by atoms with Crippen LogP contribution in [0, 0.1) is 13.8 Å². The molecule has 3 rings (SSSR count). The molecule has 0 spiro atoms. The maximum absolute atomic E-state index is 12.1. The molecule has 0 aliphatic carbocycles. The number of ether oxygens (including phenoxy) is 1. The first-order valence-electron chi connectivity index (χ1n) is 9.04. The van der Waals surface area contributed by atoms with Gasteiger partial charge in [0.2, 0.25) is 0 Å². The molecule has 3 aromatic rings. The number of aryl methyl sites for hydroxylation is 3. The fourth-order valence-electron chi connectivity index (χ4n) is 2.98. The van der Waals surface area contributed by atoms with Gasteiger partial charge in [0.1, 0.15) is 11.6 Å². The van der Waals surface area contributed by atoms with E-state index in [9.17, 15) is 9.90 Å². The summed E-state index contributed by atoms with van der Waals surface area (Å²) < 4.78 is 5.08. The lowest BCUT2D eigenvalue weighted by atomic mass is 10.1. The number of carbonyl (C=O) groups is 1. The van der Waals surface area contributed by atoms with E-state index in [1.807, 2.05) is 6.07 Å². The van der Waals surface area contributed by atoms with E-state index < -0.39 is 12.0 Å². The van der Waals surface area contributed by atoms with E-state index in [1.165, 1.54) is 11.1 Å². The minimum atomic E-state index is -1.19. The summed E-state index contributed by atoms with van der Waals surface area (Å²) in [6, 6.07) is 10.9. The first kappa shape index (κ1) is 18.9. The molecule has 0 fully saturated rings. The molecule has 3 N–H and O–H groups in total. The lowest BCUT2D eigenvalue weighted by Crippen LogP contribution is -2.30. The maximum Gasteiger partial charge on any atom is 0.253 e. The lowest BCUT2D eigenvalue weighted by Gasteiger charge is -2.12. The molecule has 1 heterocycles. The number of carbonyl (C=O) groups excluding carboxylic acids is 1. The third kappa shape index (κ3) is 4.28. The average molecular weight is 367 g/mol. The monoisotopic (exact) mass is 367 g/mol. The molecule has 1 unspecified atom stereocenters. The van der Waals surface area contributed by atoms with Gasteiger partial charge >= 0.3 is 0 Å². The Morgan fingerprint density at radius 1 is 1.22 bits per heavy atom. The molecule has 27 heavy (non-hydrogen) atoms. The number of nitrogens with zero attached hydrogens (tertiary/aromatic N) is 1. The van der Waals surface area contributed by atoms with Crippen molar-refractivity contribution >= 4 is 16.9 Å². The van der Waals surface area contributed by atoms with E-state index in [2.05, 4.69) is 35.2 Å². The Morgan fingerprint density at radius 2 is 1.96 bits per heavy atom. The Balaban J connectivity index is 1.50. The highest BCUT2D eigenvalue weighted by molar-refractivity contribution is 5.82. The maximum atomic E-state index is 12.1. The lowest BCUT2D eigenvalue weighted by molar-refractivity contribution is -0.129. The number of amides is 1. The van der Waals surface area contributed by atoms with Crippen molar-refractivity contribution in [3.8, 4) is 5.75 Å². The Hall–Kier alpha value is -2.86. The zero-order chi connectivity index (χ0) is 19.4. The summed E-state index contributed by atoms with van der Waals surface area (Å²) in [5, 5.41) is 12.9. The van der Waals surface area contributed by atoms with Crippen LogP contribution in [0.2, 0.25) is 0 Å².